The van der Waals surface area contributed by atoms with Crippen LogP contribution in [0.1, 0.15) is 342 Å². The Morgan fingerprint density at radius 2 is 0.478 bits per heavy atom. The number of ether oxygens (including phenoxy) is 3. The summed E-state index contributed by atoms with van der Waals surface area (Å²) in [4.78, 5) is 38.2. The van der Waals surface area contributed by atoms with Crippen LogP contribution in [-0.4, -0.2) is 37.2 Å². The predicted octanol–water partition coefficient (Wildman–Crippen LogP) is 20.7. The van der Waals surface area contributed by atoms with Crippen LogP contribution in [-0.2, 0) is 28.6 Å². The standard InChI is InChI=1S/C63H118O6/c1-4-7-10-13-16-19-22-25-28-29-30-31-32-33-36-39-42-45-48-51-54-57-63(66)69-60(58-67-61(64)55-52-49-46-43-40-37-34-26-23-20-17-14-11-8-5-2)59-68-62(65)56-53-50-47-44-41-38-35-27-24-21-18-15-12-9-6-3/h20-21,23-24,60H,4-19,22,25-59H2,1-3H3/b23-20-,24-21-. The Balaban J connectivity index is 4.30. The monoisotopic (exact) mass is 971 g/mol. The van der Waals surface area contributed by atoms with E-state index in [1.165, 1.54) is 244 Å². The van der Waals surface area contributed by atoms with Crippen LogP contribution in [0.25, 0.3) is 0 Å². The van der Waals surface area contributed by atoms with E-state index >= 15 is 0 Å². The normalized spacial score (nSPS) is 11.7. The van der Waals surface area contributed by atoms with Crippen molar-refractivity contribution in [3.63, 3.8) is 0 Å². The molecule has 0 heterocycles. The molecule has 0 unspecified atom stereocenters. The smallest absolute Gasteiger partial charge is 0.306 e. The van der Waals surface area contributed by atoms with E-state index in [9.17, 15) is 14.4 Å². The molecule has 0 aliphatic rings. The van der Waals surface area contributed by atoms with Crippen molar-refractivity contribution in [2.45, 2.75) is 348 Å². The molecule has 0 aliphatic heterocycles. The molecule has 0 bridgehead atoms. The molecule has 6 heteroatoms. The fourth-order valence-corrected chi connectivity index (χ4v) is 9.26. The van der Waals surface area contributed by atoms with E-state index in [1.807, 2.05) is 0 Å². The summed E-state index contributed by atoms with van der Waals surface area (Å²) in [5, 5.41) is 0. The van der Waals surface area contributed by atoms with Crippen molar-refractivity contribution in [3.8, 4) is 0 Å². The van der Waals surface area contributed by atoms with Crippen LogP contribution >= 0.6 is 0 Å². The maximum absolute atomic E-state index is 12.9. The zero-order valence-corrected chi connectivity index (χ0v) is 46.6. The van der Waals surface area contributed by atoms with Crippen molar-refractivity contribution in [1.82, 2.24) is 0 Å². The minimum atomic E-state index is -0.771. The SMILES string of the molecule is CCCCCC/C=C\CCCCCCCCCC(=O)OCC(COC(=O)CCCCCCCCC/C=C\CCCCCC)OC(=O)CCCCCCCCCCCCCCCCCCCCCCC. The van der Waals surface area contributed by atoms with Gasteiger partial charge in [-0.1, -0.05) is 276 Å². The van der Waals surface area contributed by atoms with Crippen LogP contribution < -0.4 is 0 Å². The molecule has 6 nitrogen and oxygen atoms in total. The number of allylic oxidation sites excluding steroid dienone is 4. The zero-order valence-electron chi connectivity index (χ0n) is 46.6. The van der Waals surface area contributed by atoms with E-state index in [0.29, 0.717) is 19.3 Å². The maximum atomic E-state index is 12.9. The summed E-state index contributed by atoms with van der Waals surface area (Å²) >= 11 is 0. The third kappa shape index (κ3) is 56.7. The molecule has 0 fully saturated rings. The van der Waals surface area contributed by atoms with Crippen molar-refractivity contribution in [1.29, 1.82) is 0 Å². The minimum absolute atomic E-state index is 0.0703. The summed E-state index contributed by atoms with van der Waals surface area (Å²) in [6, 6.07) is 0. The molecule has 0 spiro atoms. The summed E-state index contributed by atoms with van der Waals surface area (Å²) in [5.41, 5.74) is 0. The third-order valence-electron chi connectivity index (χ3n) is 13.9. The number of carbonyl (C=O) groups excluding carboxylic acids is 3. The molecule has 406 valence electrons. The zero-order chi connectivity index (χ0) is 50.0. The molecule has 0 saturated carbocycles. The van der Waals surface area contributed by atoms with E-state index in [1.54, 1.807) is 0 Å². The highest BCUT2D eigenvalue weighted by molar-refractivity contribution is 5.71. The van der Waals surface area contributed by atoms with Gasteiger partial charge < -0.3 is 14.2 Å². The second-order valence-electron chi connectivity index (χ2n) is 21.0. The van der Waals surface area contributed by atoms with Gasteiger partial charge in [0.15, 0.2) is 6.10 Å². The molecule has 0 aromatic heterocycles. The maximum Gasteiger partial charge on any atom is 0.306 e. The summed E-state index contributed by atoms with van der Waals surface area (Å²) in [6.07, 6.45) is 68.9. The number of unbranched alkanes of at least 4 members (excludes halogenated alkanes) is 42. The molecule has 0 aliphatic carbocycles. The van der Waals surface area contributed by atoms with E-state index in [0.717, 1.165) is 57.8 Å². The average Bonchev–Trinajstić information content (AvgIpc) is 3.35. The predicted molar refractivity (Wildman–Crippen MR) is 298 cm³/mol. The van der Waals surface area contributed by atoms with Crippen molar-refractivity contribution < 1.29 is 28.6 Å². The lowest BCUT2D eigenvalue weighted by atomic mass is 10.0. The first-order valence-corrected chi connectivity index (χ1v) is 30.8. The fraction of sp³-hybridized carbons (Fsp3) is 0.889. The molecule has 69 heavy (non-hydrogen) atoms. The number of hydrogen-bond donors (Lipinski definition) is 0. The fourth-order valence-electron chi connectivity index (χ4n) is 9.26. The first-order valence-electron chi connectivity index (χ1n) is 30.8. The Kier molecular flexibility index (Phi) is 56.7. The summed E-state index contributed by atoms with van der Waals surface area (Å²) in [6.45, 7) is 6.67. The van der Waals surface area contributed by atoms with Gasteiger partial charge in [-0.2, -0.15) is 0 Å². The molecular formula is C63H118O6. The molecule has 0 aromatic carbocycles. The van der Waals surface area contributed by atoms with Gasteiger partial charge in [0.2, 0.25) is 0 Å². The number of carbonyl (C=O) groups is 3. The van der Waals surface area contributed by atoms with Gasteiger partial charge >= 0.3 is 17.9 Å². The van der Waals surface area contributed by atoms with Gasteiger partial charge in [0.05, 0.1) is 0 Å². The van der Waals surface area contributed by atoms with Crippen molar-refractivity contribution in [3.05, 3.63) is 24.3 Å². The molecule has 0 N–H and O–H groups in total. The first kappa shape index (κ1) is 66.9. The van der Waals surface area contributed by atoms with Gasteiger partial charge in [0, 0.05) is 19.3 Å². The van der Waals surface area contributed by atoms with Crippen LogP contribution in [0.3, 0.4) is 0 Å². The van der Waals surface area contributed by atoms with E-state index in [-0.39, 0.29) is 31.1 Å². The average molecular weight is 972 g/mol. The first-order chi connectivity index (χ1) is 34.0. The Morgan fingerprint density at radius 1 is 0.275 bits per heavy atom. The molecule has 0 radical (unpaired) electrons. The van der Waals surface area contributed by atoms with Crippen molar-refractivity contribution in [2.75, 3.05) is 13.2 Å². The van der Waals surface area contributed by atoms with Crippen molar-refractivity contribution in [2.24, 2.45) is 0 Å². The third-order valence-corrected chi connectivity index (χ3v) is 13.9. The number of hydrogen-bond acceptors (Lipinski definition) is 6. The van der Waals surface area contributed by atoms with Gasteiger partial charge in [0.25, 0.3) is 0 Å². The number of rotatable bonds is 57. The summed E-state index contributed by atoms with van der Waals surface area (Å²) in [7, 11) is 0. The lowest BCUT2D eigenvalue weighted by Crippen LogP contribution is -2.30. The largest absolute Gasteiger partial charge is 0.462 e. The summed E-state index contributed by atoms with van der Waals surface area (Å²) < 4.78 is 16.9. The van der Waals surface area contributed by atoms with Crippen LogP contribution in [0.2, 0.25) is 0 Å². The van der Waals surface area contributed by atoms with Gasteiger partial charge in [0.1, 0.15) is 13.2 Å². The van der Waals surface area contributed by atoms with Crippen LogP contribution in [0.5, 0.6) is 0 Å². The Labute approximate surface area is 430 Å². The second kappa shape index (κ2) is 58.5. The lowest BCUT2D eigenvalue weighted by molar-refractivity contribution is -0.167. The molecule has 0 saturated heterocycles. The summed E-state index contributed by atoms with van der Waals surface area (Å²) in [5.74, 6) is -0.855. The van der Waals surface area contributed by atoms with Crippen molar-refractivity contribution >= 4 is 17.9 Å². The van der Waals surface area contributed by atoms with Gasteiger partial charge in [-0.25, -0.2) is 0 Å². The highest BCUT2D eigenvalue weighted by Crippen LogP contribution is 2.17. The molecule has 0 aromatic rings. The van der Waals surface area contributed by atoms with Crippen LogP contribution in [0, 0.1) is 0 Å². The minimum Gasteiger partial charge on any atom is -0.462 e. The Hall–Kier alpha value is -2.11. The highest BCUT2D eigenvalue weighted by Gasteiger charge is 2.19. The quantitative estimate of drug-likeness (QED) is 0.0261. The van der Waals surface area contributed by atoms with E-state index in [4.69, 9.17) is 14.2 Å². The molecule has 0 rings (SSSR count). The van der Waals surface area contributed by atoms with Crippen LogP contribution in [0.15, 0.2) is 24.3 Å². The molecular weight excluding hydrogens is 853 g/mol. The Morgan fingerprint density at radius 3 is 0.739 bits per heavy atom. The lowest BCUT2D eigenvalue weighted by Gasteiger charge is -2.18. The highest BCUT2D eigenvalue weighted by atomic mass is 16.6. The topological polar surface area (TPSA) is 78.9 Å². The van der Waals surface area contributed by atoms with Gasteiger partial charge in [-0.3, -0.25) is 14.4 Å². The molecule has 0 amide bonds. The van der Waals surface area contributed by atoms with Gasteiger partial charge in [-0.15, -0.1) is 0 Å². The van der Waals surface area contributed by atoms with Gasteiger partial charge in [-0.05, 0) is 70.6 Å². The number of esters is 3. The van der Waals surface area contributed by atoms with E-state index in [2.05, 4.69) is 45.1 Å². The van der Waals surface area contributed by atoms with E-state index < -0.39 is 6.10 Å². The second-order valence-corrected chi connectivity index (χ2v) is 21.0. The van der Waals surface area contributed by atoms with Crippen LogP contribution in [0.4, 0.5) is 0 Å². The molecule has 0 atom stereocenters. The Bertz CT molecular complexity index is 1060.